The highest BCUT2D eigenvalue weighted by Gasteiger charge is 2.21. The molecule has 1 aliphatic rings. The molecule has 0 radical (unpaired) electrons. The SMILES string of the molecule is COc1ccc(CC2CCN(C(=O)CN)CC2)cc1. The predicted molar refractivity (Wildman–Crippen MR) is 75.1 cm³/mol. The molecule has 4 nitrogen and oxygen atoms in total. The van der Waals surface area contributed by atoms with Gasteiger partial charge in [-0.1, -0.05) is 12.1 Å². The normalized spacial score (nSPS) is 16.4. The van der Waals surface area contributed by atoms with Gasteiger partial charge in [-0.3, -0.25) is 4.79 Å². The Bertz CT molecular complexity index is 409. The van der Waals surface area contributed by atoms with Gasteiger partial charge in [-0.15, -0.1) is 0 Å². The molecule has 104 valence electrons. The number of rotatable bonds is 4. The third-order valence-electron chi connectivity index (χ3n) is 3.83. The number of carbonyl (C=O) groups excluding carboxylic acids is 1. The number of amides is 1. The van der Waals surface area contributed by atoms with Crippen LogP contribution < -0.4 is 10.5 Å². The van der Waals surface area contributed by atoms with Crippen molar-refractivity contribution in [3.05, 3.63) is 29.8 Å². The highest BCUT2D eigenvalue weighted by molar-refractivity contribution is 5.78. The number of carbonyl (C=O) groups is 1. The number of methoxy groups -OCH3 is 1. The predicted octanol–water partition coefficient (Wildman–Crippen LogP) is 1.43. The van der Waals surface area contributed by atoms with Crippen molar-refractivity contribution in [3.63, 3.8) is 0 Å². The quantitative estimate of drug-likeness (QED) is 0.893. The second-order valence-electron chi connectivity index (χ2n) is 5.08. The lowest BCUT2D eigenvalue weighted by molar-refractivity contribution is -0.131. The lowest BCUT2D eigenvalue weighted by Crippen LogP contribution is -2.41. The van der Waals surface area contributed by atoms with Gasteiger partial charge in [0.25, 0.3) is 0 Å². The maximum Gasteiger partial charge on any atom is 0.236 e. The molecule has 1 amide bonds. The van der Waals surface area contributed by atoms with Crippen molar-refractivity contribution in [2.75, 3.05) is 26.7 Å². The van der Waals surface area contributed by atoms with Crippen LogP contribution in [0.1, 0.15) is 18.4 Å². The van der Waals surface area contributed by atoms with E-state index in [2.05, 4.69) is 12.1 Å². The molecule has 2 rings (SSSR count). The van der Waals surface area contributed by atoms with Crippen molar-refractivity contribution < 1.29 is 9.53 Å². The number of hydrogen-bond acceptors (Lipinski definition) is 3. The molecule has 1 aromatic carbocycles. The molecule has 4 heteroatoms. The van der Waals surface area contributed by atoms with E-state index >= 15 is 0 Å². The molecule has 0 aromatic heterocycles. The summed E-state index contributed by atoms with van der Waals surface area (Å²) in [5.41, 5.74) is 6.72. The van der Waals surface area contributed by atoms with Crippen molar-refractivity contribution in [3.8, 4) is 5.75 Å². The molecule has 1 saturated heterocycles. The number of nitrogens with zero attached hydrogens (tertiary/aromatic N) is 1. The van der Waals surface area contributed by atoms with Crippen molar-refractivity contribution in [1.29, 1.82) is 0 Å². The molecule has 0 unspecified atom stereocenters. The van der Waals surface area contributed by atoms with Gasteiger partial charge in [-0.2, -0.15) is 0 Å². The molecule has 0 saturated carbocycles. The van der Waals surface area contributed by atoms with Gasteiger partial charge in [-0.25, -0.2) is 0 Å². The summed E-state index contributed by atoms with van der Waals surface area (Å²) in [6, 6.07) is 8.25. The summed E-state index contributed by atoms with van der Waals surface area (Å²) in [6.07, 6.45) is 3.21. The van der Waals surface area contributed by atoms with Gasteiger partial charge in [0.05, 0.1) is 13.7 Å². The first-order valence-electron chi connectivity index (χ1n) is 6.83. The summed E-state index contributed by atoms with van der Waals surface area (Å²) in [5, 5.41) is 0. The van der Waals surface area contributed by atoms with Crippen LogP contribution in [0.25, 0.3) is 0 Å². The zero-order valence-corrected chi connectivity index (χ0v) is 11.5. The molecule has 1 fully saturated rings. The van der Waals surface area contributed by atoms with E-state index < -0.39 is 0 Å². The zero-order valence-electron chi connectivity index (χ0n) is 11.5. The highest BCUT2D eigenvalue weighted by atomic mass is 16.5. The smallest absolute Gasteiger partial charge is 0.236 e. The standard InChI is InChI=1S/C15H22N2O2/c1-19-14-4-2-12(3-5-14)10-13-6-8-17(9-7-13)15(18)11-16/h2-5,13H,6-11,16H2,1H3. The van der Waals surface area contributed by atoms with Crippen LogP contribution in [-0.4, -0.2) is 37.6 Å². The fourth-order valence-electron chi connectivity index (χ4n) is 2.61. The van der Waals surface area contributed by atoms with E-state index in [9.17, 15) is 4.79 Å². The van der Waals surface area contributed by atoms with Crippen LogP contribution in [0.15, 0.2) is 24.3 Å². The van der Waals surface area contributed by atoms with E-state index in [1.165, 1.54) is 5.56 Å². The Morgan fingerprint density at radius 2 is 1.95 bits per heavy atom. The largest absolute Gasteiger partial charge is 0.497 e. The van der Waals surface area contributed by atoms with Crippen molar-refractivity contribution in [1.82, 2.24) is 4.90 Å². The maximum atomic E-state index is 11.5. The minimum atomic E-state index is 0.0721. The summed E-state index contributed by atoms with van der Waals surface area (Å²) < 4.78 is 5.16. The molecule has 1 aromatic rings. The van der Waals surface area contributed by atoms with E-state index in [4.69, 9.17) is 10.5 Å². The number of nitrogens with two attached hydrogens (primary N) is 1. The lowest BCUT2D eigenvalue weighted by atomic mass is 9.90. The maximum absolute atomic E-state index is 11.5. The van der Waals surface area contributed by atoms with Gasteiger partial charge in [0.1, 0.15) is 5.75 Å². The Balaban J connectivity index is 1.83. The molecule has 0 atom stereocenters. The molecular formula is C15H22N2O2. The van der Waals surface area contributed by atoms with Gasteiger partial charge < -0.3 is 15.4 Å². The Morgan fingerprint density at radius 3 is 2.47 bits per heavy atom. The summed E-state index contributed by atoms with van der Waals surface area (Å²) >= 11 is 0. The number of ether oxygens (including phenoxy) is 1. The first-order chi connectivity index (χ1) is 9.22. The molecule has 1 heterocycles. The zero-order chi connectivity index (χ0) is 13.7. The van der Waals surface area contributed by atoms with Crippen LogP contribution >= 0.6 is 0 Å². The van der Waals surface area contributed by atoms with Gasteiger partial charge in [-0.05, 0) is 42.9 Å². The van der Waals surface area contributed by atoms with Gasteiger partial charge in [0.2, 0.25) is 5.91 Å². The highest BCUT2D eigenvalue weighted by Crippen LogP contribution is 2.22. The van der Waals surface area contributed by atoms with E-state index in [-0.39, 0.29) is 12.5 Å². The lowest BCUT2D eigenvalue weighted by Gasteiger charge is -2.31. The fraction of sp³-hybridized carbons (Fsp3) is 0.533. The molecule has 0 spiro atoms. The molecular weight excluding hydrogens is 240 g/mol. The second-order valence-corrected chi connectivity index (χ2v) is 5.08. The Labute approximate surface area is 114 Å². The third kappa shape index (κ3) is 3.70. The summed E-state index contributed by atoms with van der Waals surface area (Å²) in [4.78, 5) is 13.4. The van der Waals surface area contributed by atoms with Crippen LogP contribution in [0.3, 0.4) is 0 Å². The summed E-state index contributed by atoms with van der Waals surface area (Å²) in [6.45, 7) is 1.82. The average molecular weight is 262 g/mol. The molecule has 19 heavy (non-hydrogen) atoms. The van der Waals surface area contributed by atoms with Gasteiger partial charge in [0, 0.05) is 13.1 Å². The molecule has 1 aliphatic heterocycles. The summed E-state index contributed by atoms with van der Waals surface area (Å²) in [7, 11) is 1.68. The number of likely N-dealkylation sites (tertiary alicyclic amines) is 1. The van der Waals surface area contributed by atoms with Crippen LogP contribution in [-0.2, 0) is 11.2 Å². The fourth-order valence-corrected chi connectivity index (χ4v) is 2.61. The number of hydrogen-bond donors (Lipinski definition) is 1. The van der Waals surface area contributed by atoms with Gasteiger partial charge >= 0.3 is 0 Å². The Hall–Kier alpha value is -1.55. The number of piperidine rings is 1. The van der Waals surface area contributed by atoms with E-state index in [1.807, 2.05) is 17.0 Å². The van der Waals surface area contributed by atoms with Crippen LogP contribution in [0.4, 0.5) is 0 Å². The van der Waals surface area contributed by atoms with Crippen molar-refractivity contribution in [2.45, 2.75) is 19.3 Å². The molecule has 0 aliphatic carbocycles. The summed E-state index contributed by atoms with van der Waals surface area (Å²) in [5.74, 6) is 1.63. The molecule has 0 bridgehead atoms. The Morgan fingerprint density at radius 1 is 1.32 bits per heavy atom. The minimum absolute atomic E-state index is 0.0721. The monoisotopic (exact) mass is 262 g/mol. The topological polar surface area (TPSA) is 55.6 Å². The van der Waals surface area contributed by atoms with Crippen LogP contribution in [0.5, 0.6) is 5.75 Å². The van der Waals surface area contributed by atoms with Crippen molar-refractivity contribution >= 4 is 5.91 Å². The van der Waals surface area contributed by atoms with Crippen LogP contribution in [0, 0.1) is 5.92 Å². The minimum Gasteiger partial charge on any atom is -0.497 e. The first kappa shape index (κ1) is 13.9. The van der Waals surface area contributed by atoms with E-state index in [1.54, 1.807) is 7.11 Å². The molecule has 2 N–H and O–H groups in total. The first-order valence-corrected chi connectivity index (χ1v) is 6.83. The third-order valence-corrected chi connectivity index (χ3v) is 3.83. The number of benzene rings is 1. The second kappa shape index (κ2) is 6.57. The average Bonchev–Trinajstić information content (AvgIpc) is 2.48. The van der Waals surface area contributed by atoms with E-state index in [0.717, 1.165) is 38.1 Å². The Kier molecular flexibility index (Phi) is 4.80. The van der Waals surface area contributed by atoms with Crippen LogP contribution in [0.2, 0.25) is 0 Å². The van der Waals surface area contributed by atoms with Gasteiger partial charge in [0.15, 0.2) is 0 Å². The van der Waals surface area contributed by atoms with Crippen molar-refractivity contribution in [2.24, 2.45) is 11.7 Å². The van der Waals surface area contributed by atoms with E-state index in [0.29, 0.717) is 5.92 Å².